The Hall–Kier alpha value is -3.10. The lowest BCUT2D eigenvalue weighted by molar-refractivity contribution is 0.0602. The van der Waals surface area contributed by atoms with Crippen LogP contribution < -0.4 is 5.73 Å². The van der Waals surface area contributed by atoms with E-state index in [0.29, 0.717) is 29.8 Å². The average Bonchev–Trinajstić information content (AvgIpc) is 2.88. The fraction of sp³-hybridized carbons (Fsp3) is 0.484. The van der Waals surface area contributed by atoms with E-state index in [0.717, 1.165) is 37.3 Å². The topological polar surface area (TPSA) is 86.9 Å². The minimum absolute atomic E-state index is 0.0390. The Kier molecular flexibility index (Phi) is 13.3. The maximum Gasteiger partial charge on any atom is 0.254 e. The average molecular weight is 544 g/mol. The third-order valence-corrected chi connectivity index (χ3v) is 6.38. The van der Waals surface area contributed by atoms with Crippen LogP contribution in [0.1, 0.15) is 78.3 Å². The maximum atomic E-state index is 13.7. The lowest BCUT2D eigenvalue weighted by Gasteiger charge is -2.28. The van der Waals surface area contributed by atoms with Crippen LogP contribution in [0.4, 0.5) is 8.78 Å². The van der Waals surface area contributed by atoms with Crippen LogP contribution in [0.3, 0.4) is 0 Å². The van der Waals surface area contributed by atoms with Gasteiger partial charge in [-0.05, 0) is 74.1 Å². The summed E-state index contributed by atoms with van der Waals surface area (Å²) in [5.74, 6) is -1.89. The highest BCUT2D eigenvalue weighted by Crippen LogP contribution is 2.17. The van der Waals surface area contributed by atoms with Gasteiger partial charge in [0.05, 0.1) is 6.10 Å². The third-order valence-electron chi connectivity index (χ3n) is 6.38. The molecule has 2 aromatic rings. The number of hydrogen-bond acceptors (Lipinski definition) is 4. The van der Waals surface area contributed by atoms with Gasteiger partial charge < -0.3 is 20.6 Å². The van der Waals surface area contributed by atoms with Crippen LogP contribution in [0.15, 0.2) is 48.6 Å². The summed E-state index contributed by atoms with van der Waals surface area (Å²) < 4.78 is 27.2. The molecule has 0 saturated heterocycles. The molecule has 2 amide bonds. The SMILES string of the molecule is CCC/C=C/CN(C[C@@H](O)[C@@H](N)Cc1cc(F)cc(F)c1)C(=O)c1cc(C)cc(C(=O)N(CCC)CCC)c1. The molecule has 0 aliphatic carbocycles. The molecule has 8 heteroatoms. The number of carbonyl (C=O) groups excluding carboxylic acids is 2. The summed E-state index contributed by atoms with van der Waals surface area (Å²) in [4.78, 5) is 30.2. The molecule has 3 N–H and O–H groups in total. The molecule has 0 spiro atoms. The highest BCUT2D eigenvalue weighted by Gasteiger charge is 2.24. The van der Waals surface area contributed by atoms with E-state index in [1.165, 1.54) is 17.0 Å². The predicted octanol–water partition coefficient (Wildman–Crippen LogP) is 5.26. The first-order valence-electron chi connectivity index (χ1n) is 13.8. The van der Waals surface area contributed by atoms with Crippen LogP contribution >= 0.6 is 0 Å². The molecule has 2 aromatic carbocycles. The van der Waals surface area contributed by atoms with Gasteiger partial charge in [-0.2, -0.15) is 0 Å². The summed E-state index contributed by atoms with van der Waals surface area (Å²) in [7, 11) is 0. The number of aryl methyl sites for hydroxylation is 1. The summed E-state index contributed by atoms with van der Waals surface area (Å²) in [5.41, 5.74) is 8.10. The van der Waals surface area contributed by atoms with E-state index in [9.17, 15) is 23.5 Å². The highest BCUT2D eigenvalue weighted by molar-refractivity contribution is 6.00. The fourth-order valence-corrected chi connectivity index (χ4v) is 4.47. The summed E-state index contributed by atoms with van der Waals surface area (Å²) >= 11 is 0. The Bertz CT molecular complexity index is 1100. The molecule has 0 heterocycles. The van der Waals surface area contributed by atoms with Gasteiger partial charge in [0.2, 0.25) is 0 Å². The predicted molar refractivity (Wildman–Crippen MR) is 152 cm³/mol. The van der Waals surface area contributed by atoms with E-state index >= 15 is 0 Å². The molecule has 2 atom stereocenters. The lowest BCUT2D eigenvalue weighted by Crippen LogP contribution is -2.46. The summed E-state index contributed by atoms with van der Waals surface area (Å²) in [6.07, 6.45) is 6.21. The van der Waals surface area contributed by atoms with E-state index in [2.05, 4.69) is 6.92 Å². The number of amides is 2. The Balaban J connectivity index is 2.29. The largest absolute Gasteiger partial charge is 0.390 e. The van der Waals surface area contributed by atoms with Crippen molar-refractivity contribution in [3.8, 4) is 0 Å². The minimum atomic E-state index is -1.14. The Morgan fingerprint density at radius 1 is 0.872 bits per heavy atom. The minimum Gasteiger partial charge on any atom is -0.390 e. The summed E-state index contributed by atoms with van der Waals surface area (Å²) in [6.45, 7) is 9.37. The number of carbonyl (C=O) groups is 2. The molecule has 0 saturated carbocycles. The quantitative estimate of drug-likeness (QED) is 0.300. The molecule has 0 bridgehead atoms. The smallest absolute Gasteiger partial charge is 0.254 e. The van der Waals surface area contributed by atoms with Crippen molar-refractivity contribution >= 4 is 11.8 Å². The van der Waals surface area contributed by atoms with Crippen molar-refractivity contribution in [2.45, 2.75) is 71.9 Å². The Labute approximate surface area is 231 Å². The zero-order valence-electron chi connectivity index (χ0n) is 23.6. The van der Waals surface area contributed by atoms with Gasteiger partial charge in [0.15, 0.2) is 0 Å². The Morgan fingerprint density at radius 2 is 1.44 bits per heavy atom. The van der Waals surface area contributed by atoms with Crippen LogP contribution in [-0.4, -0.2) is 65.0 Å². The van der Waals surface area contributed by atoms with Gasteiger partial charge >= 0.3 is 0 Å². The van der Waals surface area contributed by atoms with Crippen molar-refractivity contribution in [1.82, 2.24) is 9.80 Å². The number of hydrogen-bond donors (Lipinski definition) is 2. The van der Waals surface area contributed by atoms with Crippen LogP contribution in [0.5, 0.6) is 0 Å². The molecular weight excluding hydrogens is 500 g/mol. The molecular formula is C31H43F2N3O3. The normalized spacial score (nSPS) is 12.9. The molecule has 0 aliphatic heterocycles. The number of aliphatic hydroxyl groups excluding tert-OH is 1. The molecule has 0 unspecified atom stereocenters. The number of aliphatic hydroxyl groups is 1. The van der Waals surface area contributed by atoms with Gasteiger partial charge in [-0.3, -0.25) is 9.59 Å². The summed E-state index contributed by atoms with van der Waals surface area (Å²) in [6, 6.07) is 7.40. The second-order valence-corrected chi connectivity index (χ2v) is 10.1. The van der Waals surface area contributed by atoms with Gasteiger partial charge in [0.25, 0.3) is 11.8 Å². The molecule has 0 radical (unpaired) electrons. The second kappa shape index (κ2) is 16.1. The zero-order valence-corrected chi connectivity index (χ0v) is 23.6. The van der Waals surface area contributed by atoms with Gasteiger partial charge in [0, 0.05) is 49.4 Å². The van der Waals surface area contributed by atoms with Gasteiger partial charge in [-0.25, -0.2) is 8.78 Å². The van der Waals surface area contributed by atoms with E-state index < -0.39 is 23.8 Å². The van der Waals surface area contributed by atoms with Crippen LogP contribution in [0.2, 0.25) is 0 Å². The standard InChI is InChI=1S/C31H43F2N3O3/c1-5-8-9-10-13-36(21-29(37)28(34)18-23-16-26(32)20-27(33)17-23)31(39)25-15-22(4)14-24(19-25)30(38)35(11-6-2)12-7-3/h9-10,14-17,19-20,28-29,37H,5-8,11-13,18,21,34H2,1-4H3/b10-9+/t28-,29+/m0/s1. The molecule has 0 aromatic heterocycles. The molecule has 0 fully saturated rings. The van der Waals surface area contributed by atoms with E-state index in [1.807, 2.05) is 32.9 Å². The van der Waals surface area contributed by atoms with Crippen molar-refractivity contribution in [1.29, 1.82) is 0 Å². The molecule has 214 valence electrons. The number of rotatable bonds is 15. The number of benzene rings is 2. The van der Waals surface area contributed by atoms with Crippen LogP contribution in [0, 0.1) is 18.6 Å². The first kappa shape index (κ1) is 32.1. The first-order chi connectivity index (χ1) is 18.6. The third kappa shape index (κ3) is 10.2. The molecule has 2 rings (SSSR count). The molecule has 39 heavy (non-hydrogen) atoms. The number of allylic oxidation sites excluding steroid dienone is 1. The monoisotopic (exact) mass is 543 g/mol. The van der Waals surface area contributed by atoms with Crippen molar-refractivity contribution in [2.24, 2.45) is 5.73 Å². The number of unbranched alkanes of at least 4 members (excludes halogenated alkanes) is 1. The van der Waals surface area contributed by atoms with Crippen molar-refractivity contribution < 1.29 is 23.5 Å². The van der Waals surface area contributed by atoms with Crippen LogP contribution in [0.25, 0.3) is 0 Å². The molecule has 6 nitrogen and oxygen atoms in total. The summed E-state index contributed by atoms with van der Waals surface area (Å²) in [5, 5.41) is 10.9. The number of nitrogens with two attached hydrogens (primary N) is 1. The zero-order chi connectivity index (χ0) is 28.9. The van der Waals surface area contributed by atoms with Crippen LogP contribution in [-0.2, 0) is 6.42 Å². The number of halogens is 2. The van der Waals surface area contributed by atoms with E-state index in [1.54, 1.807) is 23.1 Å². The number of nitrogens with zero attached hydrogens (tertiary/aromatic N) is 2. The fourth-order valence-electron chi connectivity index (χ4n) is 4.47. The lowest BCUT2D eigenvalue weighted by atomic mass is 10.0. The van der Waals surface area contributed by atoms with Gasteiger partial charge in [-0.15, -0.1) is 0 Å². The molecule has 0 aliphatic rings. The van der Waals surface area contributed by atoms with Crippen molar-refractivity contribution in [3.63, 3.8) is 0 Å². The highest BCUT2D eigenvalue weighted by atomic mass is 19.1. The van der Waals surface area contributed by atoms with E-state index in [-0.39, 0.29) is 31.3 Å². The second-order valence-electron chi connectivity index (χ2n) is 10.1. The maximum absolute atomic E-state index is 13.7. The van der Waals surface area contributed by atoms with Crippen molar-refractivity contribution in [3.05, 3.63) is 82.4 Å². The van der Waals surface area contributed by atoms with Crippen molar-refractivity contribution in [2.75, 3.05) is 26.2 Å². The van der Waals surface area contributed by atoms with Gasteiger partial charge in [-0.1, -0.05) is 39.3 Å². The Morgan fingerprint density at radius 3 is 1.97 bits per heavy atom. The first-order valence-corrected chi connectivity index (χ1v) is 13.8. The van der Waals surface area contributed by atoms with E-state index in [4.69, 9.17) is 5.73 Å². The van der Waals surface area contributed by atoms with Gasteiger partial charge in [0.1, 0.15) is 11.6 Å².